The first-order chi connectivity index (χ1) is 20.3. The van der Waals surface area contributed by atoms with E-state index in [1.54, 1.807) is 72.8 Å². The van der Waals surface area contributed by atoms with Gasteiger partial charge in [-0.25, -0.2) is 8.42 Å². The van der Waals surface area contributed by atoms with Crippen molar-refractivity contribution in [3.63, 3.8) is 0 Å². The fourth-order valence-electron chi connectivity index (χ4n) is 4.84. The molecule has 2 aromatic heterocycles. The summed E-state index contributed by atoms with van der Waals surface area (Å²) in [6.07, 6.45) is 4.69. The van der Waals surface area contributed by atoms with E-state index in [2.05, 4.69) is 10.2 Å². The number of amides is 1. The van der Waals surface area contributed by atoms with Crippen molar-refractivity contribution in [1.29, 1.82) is 0 Å². The Kier molecular flexibility index (Phi) is 8.85. The number of sulfonamides is 1. The number of morpholine rings is 1. The number of hydrogen-bond donors (Lipinski definition) is 0. The minimum Gasteiger partial charge on any atom is -0.459 e. The van der Waals surface area contributed by atoms with Gasteiger partial charge in [-0.3, -0.25) is 18.5 Å². The van der Waals surface area contributed by atoms with E-state index >= 15 is 0 Å². The highest BCUT2D eigenvalue weighted by Gasteiger charge is 2.35. The van der Waals surface area contributed by atoms with Gasteiger partial charge < -0.3 is 14.4 Å². The zero-order chi connectivity index (χ0) is 30.9. The predicted molar refractivity (Wildman–Crippen MR) is 164 cm³/mol. The topological polar surface area (TPSA) is 124 Å². The highest BCUT2D eigenvalue weighted by molar-refractivity contribution is 7.93. The molecule has 5 rings (SSSR count). The van der Waals surface area contributed by atoms with Crippen molar-refractivity contribution in [3.8, 4) is 5.82 Å². The minimum absolute atomic E-state index is 0.0201. The molecule has 228 valence electrons. The predicted octanol–water partition coefficient (Wildman–Crippen LogP) is 4.39. The molecule has 1 amide bonds. The molecule has 0 saturated carbocycles. The number of halogens is 2. The number of carbonyl (C=O) groups is 2. The maximum absolute atomic E-state index is 13.9. The van der Waals surface area contributed by atoms with Gasteiger partial charge >= 0.3 is 5.97 Å². The largest absolute Gasteiger partial charge is 0.459 e. The molecule has 2 aliphatic rings. The van der Waals surface area contributed by atoms with Crippen molar-refractivity contribution in [2.45, 2.75) is 38.0 Å². The van der Waals surface area contributed by atoms with Crippen molar-refractivity contribution < 1.29 is 27.5 Å². The van der Waals surface area contributed by atoms with Gasteiger partial charge in [-0.05, 0) is 69.3 Å². The molecule has 1 atom stereocenters. The van der Waals surface area contributed by atoms with Gasteiger partial charge in [0, 0.05) is 41.2 Å². The van der Waals surface area contributed by atoms with Gasteiger partial charge in [0.15, 0.2) is 11.5 Å². The second-order valence-corrected chi connectivity index (χ2v) is 14.1. The van der Waals surface area contributed by atoms with E-state index in [0.29, 0.717) is 48.1 Å². The SMILES string of the molecule is CC(C)(C)OC(=O)CN(c1ccc2c(ccn2-c2ccc(C(=O)N3CCOCC3)nn2)c1)S(=O)(=O)C1C=C(Cl)C=C(Cl)C1. The molecular formula is C29H31Cl2N5O6S. The molecule has 1 aliphatic heterocycles. The third-order valence-corrected chi connectivity index (χ3v) is 9.32. The Morgan fingerprint density at radius 2 is 1.84 bits per heavy atom. The van der Waals surface area contributed by atoms with Gasteiger partial charge in [-0.2, -0.15) is 0 Å². The molecule has 1 unspecified atom stereocenters. The summed E-state index contributed by atoms with van der Waals surface area (Å²) in [7, 11) is -4.16. The van der Waals surface area contributed by atoms with Crippen molar-refractivity contribution in [2.75, 3.05) is 37.2 Å². The van der Waals surface area contributed by atoms with Gasteiger partial charge in [0.2, 0.25) is 10.0 Å². The molecular weight excluding hydrogens is 617 g/mol. The zero-order valence-corrected chi connectivity index (χ0v) is 26.2. The maximum Gasteiger partial charge on any atom is 0.327 e. The second kappa shape index (κ2) is 12.3. The van der Waals surface area contributed by atoms with Crippen LogP contribution in [0.4, 0.5) is 5.69 Å². The molecule has 1 saturated heterocycles. The van der Waals surface area contributed by atoms with Crippen LogP contribution in [-0.4, -0.2) is 83.7 Å². The number of nitrogens with zero attached hydrogens (tertiary/aromatic N) is 5. The maximum atomic E-state index is 13.9. The van der Waals surface area contributed by atoms with Crippen LogP contribution in [0.1, 0.15) is 37.7 Å². The zero-order valence-electron chi connectivity index (χ0n) is 23.9. The van der Waals surface area contributed by atoms with E-state index in [9.17, 15) is 18.0 Å². The van der Waals surface area contributed by atoms with Crippen LogP contribution >= 0.6 is 23.2 Å². The highest BCUT2D eigenvalue weighted by Crippen LogP contribution is 2.33. The third-order valence-electron chi connectivity index (χ3n) is 6.79. The smallest absolute Gasteiger partial charge is 0.327 e. The molecule has 0 bridgehead atoms. The lowest BCUT2D eigenvalue weighted by molar-refractivity contribution is -0.152. The average molecular weight is 649 g/mol. The van der Waals surface area contributed by atoms with Crippen LogP contribution in [-0.2, 0) is 24.3 Å². The molecule has 0 radical (unpaired) electrons. The average Bonchev–Trinajstić information content (AvgIpc) is 3.38. The summed E-state index contributed by atoms with van der Waals surface area (Å²) in [6.45, 7) is 6.56. The van der Waals surface area contributed by atoms with Crippen molar-refractivity contribution in [2.24, 2.45) is 0 Å². The molecule has 14 heteroatoms. The summed E-state index contributed by atoms with van der Waals surface area (Å²) in [5.74, 6) is -0.437. The standard InChI is InChI=1S/C29H31Cl2N5O6S/c1-29(2,3)42-27(37)18-36(43(39,40)23-16-20(30)15-21(31)17-23)22-4-6-25-19(14-22)8-9-35(25)26-7-5-24(32-33-26)28(38)34-10-12-41-13-11-34/h4-9,14-16,23H,10-13,17-18H2,1-3H3. The monoisotopic (exact) mass is 647 g/mol. The first-order valence-electron chi connectivity index (χ1n) is 13.6. The summed E-state index contributed by atoms with van der Waals surface area (Å²) in [5.41, 5.74) is 0.409. The molecule has 11 nitrogen and oxygen atoms in total. The molecule has 1 aromatic carbocycles. The number of esters is 1. The van der Waals surface area contributed by atoms with Crippen LogP contribution in [0.25, 0.3) is 16.7 Å². The molecule has 0 spiro atoms. The van der Waals surface area contributed by atoms with Gasteiger partial charge in [0.1, 0.15) is 17.4 Å². The van der Waals surface area contributed by atoms with Crippen LogP contribution in [0.3, 0.4) is 0 Å². The summed E-state index contributed by atoms with van der Waals surface area (Å²) < 4.78 is 41.4. The van der Waals surface area contributed by atoms with E-state index in [1.807, 2.05) is 0 Å². The number of allylic oxidation sites excluding steroid dienone is 3. The number of rotatable bonds is 7. The minimum atomic E-state index is -4.16. The molecule has 1 fully saturated rings. The van der Waals surface area contributed by atoms with Crippen LogP contribution in [0, 0.1) is 0 Å². The number of benzene rings is 1. The van der Waals surface area contributed by atoms with Gasteiger partial charge in [-0.1, -0.05) is 23.2 Å². The molecule has 0 N–H and O–H groups in total. The van der Waals surface area contributed by atoms with Crippen molar-refractivity contribution >= 4 is 61.7 Å². The van der Waals surface area contributed by atoms with Crippen molar-refractivity contribution in [3.05, 3.63) is 70.5 Å². The Balaban J connectivity index is 1.45. The number of fused-ring (bicyclic) bond motifs is 1. The van der Waals surface area contributed by atoms with Crippen LogP contribution in [0.2, 0.25) is 0 Å². The van der Waals surface area contributed by atoms with Gasteiger partial charge in [0.05, 0.1) is 24.4 Å². The molecule has 3 heterocycles. The summed E-state index contributed by atoms with van der Waals surface area (Å²) in [5, 5.41) is 8.52. The third kappa shape index (κ3) is 7.04. The number of ether oxygens (including phenoxy) is 2. The van der Waals surface area contributed by atoms with Gasteiger partial charge in [0.25, 0.3) is 5.91 Å². The highest BCUT2D eigenvalue weighted by atomic mass is 35.5. The molecule has 3 aromatic rings. The summed E-state index contributed by atoms with van der Waals surface area (Å²) in [6, 6.07) is 10.1. The van der Waals surface area contributed by atoms with E-state index in [-0.39, 0.29) is 28.7 Å². The fraction of sp³-hybridized carbons (Fsp3) is 0.379. The number of hydrogen-bond acceptors (Lipinski definition) is 8. The lowest BCUT2D eigenvalue weighted by Crippen LogP contribution is -2.43. The van der Waals surface area contributed by atoms with E-state index < -0.39 is 33.4 Å². The molecule has 1 aliphatic carbocycles. The normalized spacial score (nSPS) is 17.8. The Morgan fingerprint density at radius 3 is 2.49 bits per heavy atom. The number of carbonyl (C=O) groups excluding carboxylic acids is 2. The van der Waals surface area contributed by atoms with Gasteiger partial charge in [-0.15, -0.1) is 10.2 Å². The first kappa shape index (κ1) is 31.0. The number of aromatic nitrogens is 3. The summed E-state index contributed by atoms with van der Waals surface area (Å²) in [4.78, 5) is 27.3. The Morgan fingerprint density at radius 1 is 1.09 bits per heavy atom. The van der Waals surface area contributed by atoms with Crippen LogP contribution < -0.4 is 4.31 Å². The Bertz CT molecular complexity index is 1710. The first-order valence-corrected chi connectivity index (χ1v) is 15.9. The van der Waals surface area contributed by atoms with E-state index in [4.69, 9.17) is 32.7 Å². The molecule has 43 heavy (non-hydrogen) atoms. The van der Waals surface area contributed by atoms with Crippen molar-refractivity contribution in [1.82, 2.24) is 19.7 Å². The summed E-state index contributed by atoms with van der Waals surface area (Å²) >= 11 is 12.3. The number of anilines is 1. The van der Waals surface area contributed by atoms with E-state index in [1.165, 1.54) is 12.2 Å². The lowest BCUT2D eigenvalue weighted by atomic mass is 10.2. The van der Waals surface area contributed by atoms with Crippen LogP contribution in [0.5, 0.6) is 0 Å². The quantitative estimate of drug-likeness (QED) is 0.346. The fourth-order valence-corrected chi connectivity index (χ4v) is 7.36. The lowest BCUT2D eigenvalue weighted by Gasteiger charge is -2.30. The second-order valence-electron chi connectivity index (χ2n) is 11.1. The Labute approximate surface area is 259 Å². The van der Waals surface area contributed by atoms with Crippen LogP contribution in [0.15, 0.2) is 64.8 Å². The Hall–Kier alpha value is -3.45. The van der Waals surface area contributed by atoms with E-state index in [0.717, 1.165) is 4.31 Å².